The molecular weight excluding hydrogens is 240 g/mol. The number of rotatable bonds is 8. The van der Waals surface area contributed by atoms with Crippen molar-refractivity contribution in [1.82, 2.24) is 0 Å². The van der Waals surface area contributed by atoms with Crippen LogP contribution in [0.1, 0.15) is 43.1 Å². The molecule has 0 aromatic heterocycles. The van der Waals surface area contributed by atoms with Crippen LogP contribution in [0, 0.1) is 5.92 Å². The summed E-state index contributed by atoms with van der Waals surface area (Å²) in [5.41, 5.74) is 1.73. The predicted octanol–water partition coefficient (Wildman–Crippen LogP) is 3.47. The van der Waals surface area contributed by atoms with E-state index in [1.54, 1.807) is 0 Å². The Hall–Kier alpha value is -1.35. The van der Waals surface area contributed by atoms with Crippen molar-refractivity contribution in [3.63, 3.8) is 0 Å². The average Bonchev–Trinajstić information content (AvgIpc) is 2.39. The lowest BCUT2D eigenvalue weighted by Crippen LogP contribution is -2.14. The molecular formula is C16H24O3. The van der Waals surface area contributed by atoms with Gasteiger partial charge in [0.15, 0.2) is 0 Å². The third kappa shape index (κ3) is 5.88. The maximum Gasteiger partial charge on any atom is 0.338 e. The van der Waals surface area contributed by atoms with Gasteiger partial charge in [-0.25, -0.2) is 4.79 Å². The number of hydrogen-bond donors (Lipinski definition) is 0. The molecule has 0 saturated carbocycles. The number of esters is 1. The van der Waals surface area contributed by atoms with Crippen molar-refractivity contribution >= 4 is 5.97 Å². The smallest absolute Gasteiger partial charge is 0.338 e. The van der Waals surface area contributed by atoms with Crippen LogP contribution in [0.2, 0.25) is 0 Å². The van der Waals surface area contributed by atoms with E-state index in [1.807, 2.05) is 24.3 Å². The van der Waals surface area contributed by atoms with Gasteiger partial charge >= 0.3 is 5.97 Å². The molecule has 0 saturated heterocycles. The molecule has 0 heterocycles. The first-order valence-electron chi connectivity index (χ1n) is 6.98. The number of carbonyl (C=O) groups is 1. The van der Waals surface area contributed by atoms with E-state index < -0.39 is 0 Å². The van der Waals surface area contributed by atoms with Crippen LogP contribution in [0.5, 0.6) is 0 Å². The van der Waals surface area contributed by atoms with Crippen LogP contribution in [0.4, 0.5) is 0 Å². The summed E-state index contributed by atoms with van der Waals surface area (Å²) in [6, 6.07) is 7.62. The van der Waals surface area contributed by atoms with Crippen LogP contribution in [0.25, 0.3) is 0 Å². The molecule has 1 aromatic rings. The van der Waals surface area contributed by atoms with E-state index in [0.717, 1.165) is 18.4 Å². The van der Waals surface area contributed by atoms with Crippen molar-refractivity contribution in [2.24, 2.45) is 5.92 Å². The highest BCUT2D eigenvalue weighted by molar-refractivity contribution is 5.91. The predicted molar refractivity (Wildman–Crippen MR) is 76.4 cm³/mol. The number of ether oxygens (including phenoxy) is 2. The minimum atomic E-state index is -0.253. The molecule has 3 heteroatoms. The molecule has 0 aliphatic carbocycles. The average molecular weight is 264 g/mol. The van der Waals surface area contributed by atoms with Crippen LogP contribution >= 0.6 is 0 Å². The Morgan fingerprint density at radius 3 is 2.63 bits per heavy atom. The number of carbonyl (C=O) groups excluding carboxylic acids is 1. The summed E-state index contributed by atoms with van der Waals surface area (Å²) in [5.74, 6) is 0.248. The molecule has 3 nitrogen and oxygen atoms in total. The van der Waals surface area contributed by atoms with Crippen LogP contribution < -0.4 is 0 Å². The van der Waals surface area contributed by atoms with Gasteiger partial charge in [0.05, 0.1) is 12.2 Å². The maximum absolute atomic E-state index is 12.0. The molecule has 1 rings (SSSR count). The Balaban J connectivity index is 2.41. The lowest BCUT2D eigenvalue weighted by Gasteiger charge is -2.10. The summed E-state index contributed by atoms with van der Waals surface area (Å²) in [4.78, 5) is 12.0. The summed E-state index contributed by atoms with van der Waals surface area (Å²) in [7, 11) is 0. The molecule has 0 bridgehead atoms. The second-order valence-electron chi connectivity index (χ2n) is 5.01. The zero-order valence-electron chi connectivity index (χ0n) is 12.1. The monoisotopic (exact) mass is 264 g/mol. The van der Waals surface area contributed by atoms with Gasteiger partial charge < -0.3 is 9.47 Å². The Morgan fingerprint density at radius 1 is 1.21 bits per heavy atom. The molecule has 0 spiro atoms. The van der Waals surface area contributed by atoms with E-state index in [1.165, 1.54) is 0 Å². The third-order valence-corrected chi connectivity index (χ3v) is 2.67. The summed E-state index contributed by atoms with van der Waals surface area (Å²) in [5, 5.41) is 0. The molecule has 0 aliphatic heterocycles. The standard InChI is InChI=1S/C16H24O3/c1-4-7-14-8-5-6-9-15(14)16(17)19-11-10-18-12-13(2)3/h5-6,8-9,13H,4,7,10-12H2,1-3H3. The lowest BCUT2D eigenvalue weighted by molar-refractivity contribution is 0.0276. The summed E-state index contributed by atoms with van der Waals surface area (Å²) in [6.07, 6.45) is 1.91. The SMILES string of the molecule is CCCc1ccccc1C(=O)OCCOCC(C)C. The van der Waals surface area contributed by atoms with Gasteiger partial charge in [-0.15, -0.1) is 0 Å². The molecule has 0 atom stereocenters. The Labute approximate surface area is 115 Å². The zero-order valence-corrected chi connectivity index (χ0v) is 12.1. The fourth-order valence-corrected chi connectivity index (χ4v) is 1.80. The van der Waals surface area contributed by atoms with Crippen molar-refractivity contribution in [3.05, 3.63) is 35.4 Å². The van der Waals surface area contributed by atoms with Gasteiger partial charge in [-0.3, -0.25) is 0 Å². The summed E-state index contributed by atoms with van der Waals surface area (Å²) >= 11 is 0. The normalized spacial score (nSPS) is 10.7. The Bertz CT molecular complexity index is 385. The molecule has 1 aromatic carbocycles. The molecule has 0 radical (unpaired) electrons. The van der Waals surface area contributed by atoms with Gasteiger partial charge in [-0.1, -0.05) is 45.4 Å². The fraction of sp³-hybridized carbons (Fsp3) is 0.562. The Kier molecular flexibility index (Phi) is 7.19. The molecule has 0 amide bonds. The molecule has 106 valence electrons. The van der Waals surface area contributed by atoms with Gasteiger partial charge in [0.2, 0.25) is 0 Å². The van der Waals surface area contributed by atoms with E-state index in [2.05, 4.69) is 20.8 Å². The molecule has 0 unspecified atom stereocenters. The largest absolute Gasteiger partial charge is 0.460 e. The fourth-order valence-electron chi connectivity index (χ4n) is 1.80. The van der Waals surface area contributed by atoms with E-state index in [9.17, 15) is 4.79 Å². The quantitative estimate of drug-likeness (QED) is 0.533. The number of aryl methyl sites for hydroxylation is 1. The van der Waals surface area contributed by atoms with Gasteiger partial charge in [0.25, 0.3) is 0 Å². The first-order valence-corrected chi connectivity index (χ1v) is 6.98. The zero-order chi connectivity index (χ0) is 14.1. The van der Waals surface area contributed by atoms with Gasteiger partial charge in [0.1, 0.15) is 6.61 Å². The number of benzene rings is 1. The lowest BCUT2D eigenvalue weighted by atomic mass is 10.0. The first kappa shape index (κ1) is 15.7. The van der Waals surface area contributed by atoms with E-state index in [-0.39, 0.29) is 5.97 Å². The summed E-state index contributed by atoms with van der Waals surface area (Å²) < 4.78 is 10.6. The second kappa shape index (κ2) is 8.70. The van der Waals surface area contributed by atoms with Crippen LogP contribution in [0.15, 0.2) is 24.3 Å². The summed E-state index contributed by atoms with van der Waals surface area (Å²) in [6.45, 7) is 7.75. The molecule has 0 fully saturated rings. The highest BCUT2D eigenvalue weighted by Gasteiger charge is 2.11. The minimum Gasteiger partial charge on any atom is -0.460 e. The van der Waals surface area contributed by atoms with Crippen molar-refractivity contribution in [1.29, 1.82) is 0 Å². The first-order chi connectivity index (χ1) is 9.15. The van der Waals surface area contributed by atoms with Crippen LogP contribution in [-0.4, -0.2) is 25.8 Å². The molecule has 19 heavy (non-hydrogen) atoms. The highest BCUT2D eigenvalue weighted by atomic mass is 16.6. The molecule has 0 aliphatic rings. The molecule has 0 N–H and O–H groups in total. The highest BCUT2D eigenvalue weighted by Crippen LogP contribution is 2.12. The van der Waals surface area contributed by atoms with Crippen LogP contribution in [-0.2, 0) is 15.9 Å². The van der Waals surface area contributed by atoms with Crippen molar-refractivity contribution < 1.29 is 14.3 Å². The van der Waals surface area contributed by atoms with Crippen LogP contribution in [0.3, 0.4) is 0 Å². The van der Waals surface area contributed by atoms with Gasteiger partial charge in [0, 0.05) is 6.61 Å². The van der Waals surface area contributed by atoms with Gasteiger partial charge in [-0.05, 0) is 24.0 Å². The van der Waals surface area contributed by atoms with Crippen molar-refractivity contribution in [2.75, 3.05) is 19.8 Å². The second-order valence-corrected chi connectivity index (χ2v) is 5.01. The van der Waals surface area contributed by atoms with E-state index in [0.29, 0.717) is 31.3 Å². The maximum atomic E-state index is 12.0. The van der Waals surface area contributed by atoms with Gasteiger partial charge in [-0.2, -0.15) is 0 Å². The topological polar surface area (TPSA) is 35.5 Å². The third-order valence-electron chi connectivity index (χ3n) is 2.67. The van der Waals surface area contributed by atoms with E-state index in [4.69, 9.17) is 9.47 Å². The van der Waals surface area contributed by atoms with E-state index >= 15 is 0 Å². The van der Waals surface area contributed by atoms with Crippen molar-refractivity contribution in [3.8, 4) is 0 Å². The Morgan fingerprint density at radius 2 is 1.95 bits per heavy atom. The van der Waals surface area contributed by atoms with Crippen molar-refractivity contribution in [2.45, 2.75) is 33.6 Å². The number of hydrogen-bond acceptors (Lipinski definition) is 3. The minimum absolute atomic E-state index is 0.253.